The van der Waals surface area contributed by atoms with Crippen molar-refractivity contribution in [1.29, 1.82) is 0 Å². The lowest BCUT2D eigenvalue weighted by Gasteiger charge is -2.33. The monoisotopic (exact) mass is 450 g/mol. The van der Waals surface area contributed by atoms with Gasteiger partial charge in [0, 0.05) is 10.4 Å². The number of hydrogen-bond acceptors (Lipinski definition) is 5. The Kier molecular flexibility index (Phi) is 5.99. The topological polar surface area (TPSA) is 51.7 Å². The Hall–Kier alpha value is -2.86. The van der Waals surface area contributed by atoms with E-state index in [9.17, 15) is 4.79 Å². The van der Waals surface area contributed by atoms with Crippen LogP contribution in [0.25, 0.3) is 11.3 Å². The number of aromatic nitrogens is 1. The molecule has 168 valence electrons. The average Bonchev–Trinajstić information content (AvgIpc) is 3.08. The van der Waals surface area contributed by atoms with Gasteiger partial charge in [0.05, 0.1) is 22.9 Å². The van der Waals surface area contributed by atoms with Crippen LogP contribution in [0.15, 0.2) is 42.5 Å². The lowest BCUT2D eigenvalue weighted by atomic mass is 9.87. The molecule has 0 N–H and O–H groups in total. The highest BCUT2D eigenvalue weighted by Crippen LogP contribution is 2.38. The fourth-order valence-electron chi connectivity index (χ4n) is 3.89. The van der Waals surface area contributed by atoms with E-state index in [1.165, 1.54) is 5.56 Å². The van der Waals surface area contributed by atoms with Crippen LogP contribution in [0.4, 0.5) is 5.69 Å². The first-order chi connectivity index (χ1) is 15.1. The van der Waals surface area contributed by atoms with E-state index in [0.29, 0.717) is 18.9 Å². The minimum Gasteiger partial charge on any atom is -0.492 e. The number of amides is 1. The first-order valence-electron chi connectivity index (χ1n) is 10.9. The third kappa shape index (κ3) is 4.51. The number of fused-ring (bicyclic) bond motifs is 1. The fraction of sp³-hybridized carbons (Fsp3) is 0.385. The zero-order valence-corrected chi connectivity index (χ0v) is 20.4. The van der Waals surface area contributed by atoms with Gasteiger partial charge in [-0.25, -0.2) is 4.98 Å². The number of ether oxygens (including phenoxy) is 2. The molecule has 1 unspecified atom stereocenters. The lowest BCUT2D eigenvalue weighted by molar-refractivity contribution is -0.125. The molecule has 6 heteroatoms. The number of aryl methyl sites for hydroxylation is 2. The predicted molar refractivity (Wildman–Crippen MR) is 130 cm³/mol. The molecule has 2 heterocycles. The number of nitrogens with zero attached hydrogens (tertiary/aromatic N) is 2. The van der Waals surface area contributed by atoms with Crippen LogP contribution in [0.1, 0.15) is 43.1 Å². The Labute approximate surface area is 194 Å². The van der Waals surface area contributed by atoms with Gasteiger partial charge in [-0.15, -0.1) is 11.3 Å². The molecule has 0 saturated carbocycles. The SMILES string of the molecule is Cc1nc(-c2ccc3c(c2)N(CCOc2ccc(C(C)(C)C)cc2)C(=O)C(C)O3)c(C)s1. The standard InChI is InChI=1S/C26H30N2O3S/c1-16-25(29)28(13-14-30-21-10-8-20(9-11-21)26(4,5)6)22-15-19(7-12-23(22)31-16)24-17(2)32-18(3)27-24/h7-12,15-16H,13-14H2,1-6H3. The average molecular weight is 451 g/mol. The van der Waals surface area contributed by atoms with Crippen LogP contribution >= 0.6 is 11.3 Å². The molecule has 1 aliphatic rings. The highest BCUT2D eigenvalue weighted by molar-refractivity contribution is 7.11. The molecule has 1 aliphatic heterocycles. The van der Waals surface area contributed by atoms with Crippen molar-refractivity contribution in [2.24, 2.45) is 0 Å². The molecule has 2 aromatic carbocycles. The minimum atomic E-state index is -0.525. The molecule has 5 nitrogen and oxygen atoms in total. The summed E-state index contributed by atoms with van der Waals surface area (Å²) in [5, 5.41) is 1.03. The van der Waals surface area contributed by atoms with Gasteiger partial charge in [-0.2, -0.15) is 0 Å². The van der Waals surface area contributed by atoms with Gasteiger partial charge in [-0.3, -0.25) is 4.79 Å². The number of anilines is 1. The molecule has 0 fully saturated rings. The smallest absolute Gasteiger partial charge is 0.267 e. The van der Waals surface area contributed by atoms with Crippen LogP contribution in [0.5, 0.6) is 11.5 Å². The van der Waals surface area contributed by atoms with Crippen LogP contribution in [0, 0.1) is 13.8 Å². The van der Waals surface area contributed by atoms with Gasteiger partial charge in [-0.1, -0.05) is 32.9 Å². The molecule has 0 spiro atoms. The Bertz CT molecular complexity index is 1130. The van der Waals surface area contributed by atoms with Crippen molar-refractivity contribution < 1.29 is 14.3 Å². The number of rotatable bonds is 5. The van der Waals surface area contributed by atoms with E-state index in [1.807, 2.05) is 37.3 Å². The normalized spacial score (nSPS) is 16.0. The summed E-state index contributed by atoms with van der Waals surface area (Å²) in [7, 11) is 0. The quantitative estimate of drug-likeness (QED) is 0.484. The van der Waals surface area contributed by atoms with E-state index in [2.05, 4.69) is 44.8 Å². The van der Waals surface area contributed by atoms with E-state index in [-0.39, 0.29) is 11.3 Å². The summed E-state index contributed by atoms with van der Waals surface area (Å²) in [5.41, 5.74) is 4.07. The number of carbonyl (C=O) groups is 1. The number of benzene rings is 2. The molecule has 0 bridgehead atoms. The molecule has 1 atom stereocenters. The number of thiazole rings is 1. The van der Waals surface area contributed by atoms with E-state index < -0.39 is 6.10 Å². The summed E-state index contributed by atoms with van der Waals surface area (Å²) in [5.74, 6) is 1.45. The predicted octanol–water partition coefficient (Wildman–Crippen LogP) is 5.92. The maximum absolute atomic E-state index is 12.9. The molecule has 4 rings (SSSR count). The van der Waals surface area contributed by atoms with Crippen LogP contribution in [0.2, 0.25) is 0 Å². The molecule has 32 heavy (non-hydrogen) atoms. The summed E-state index contributed by atoms with van der Waals surface area (Å²) in [6.07, 6.45) is -0.525. The van der Waals surface area contributed by atoms with Gasteiger partial charge in [-0.05, 0) is 62.1 Å². The number of hydrogen-bond donors (Lipinski definition) is 0. The highest BCUT2D eigenvalue weighted by atomic mass is 32.1. The van der Waals surface area contributed by atoms with Crippen LogP contribution in [-0.2, 0) is 10.2 Å². The lowest BCUT2D eigenvalue weighted by Crippen LogP contribution is -2.46. The summed E-state index contributed by atoms with van der Waals surface area (Å²) >= 11 is 1.67. The van der Waals surface area contributed by atoms with Gasteiger partial charge in [0.1, 0.15) is 18.1 Å². The highest BCUT2D eigenvalue weighted by Gasteiger charge is 2.32. The maximum atomic E-state index is 12.9. The van der Waals surface area contributed by atoms with Crippen molar-refractivity contribution in [3.63, 3.8) is 0 Å². The Morgan fingerprint density at radius 3 is 2.47 bits per heavy atom. The Morgan fingerprint density at radius 1 is 1.12 bits per heavy atom. The molecule has 1 amide bonds. The summed E-state index contributed by atoms with van der Waals surface area (Å²) in [6, 6.07) is 14.1. The van der Waals surface area contributed by atoms with Crippen molar-refractivity contribution in [1.82, 2.24) is 4.98 Å². The van der Waals surface area contributed by atoms with E-state index in [0.717, 1.165) is 32.6 Å². The van der Waals surface area contributed by atoms with Crippen molar-refractivity contribution in [3.8, 4) is 22.8 Å². The van der Waals surface area contributed by atoms with Crippen molar-refractivity contribution in [2.75, 3.05) is 18.1 Å². The van der Waals surface area contributed by atoms with Gasteiger partial charge in [0.25, 0.3) is 5.91 Å². The second kappa shape index (κ2) is 8.58. The summed E-state index contributed by atoms with van der Waals surface area (Å²) < 4.78 is 11.8. The molecular formula is C26H30N2O3S. The van der Waals surface area contributed by atoms with Gasteiger partial charge in [0.2, 0.25) is 0 Å². The minimum absolute atomic E-state index is 0.0625. The third-order valence-electron chi connectivity index (χ3n) is 5.65. The Balaban J connectivity index is 1.53. The molecular weight excluding hydrogens is 420 g/mol. The van der Waals surface area contributed by atoms with E-state index in [1.54, 1.807) is 23.2 Å². The summed E-state index contributed by atoms with van der Waals surface area (Å²) in [4.78, 5) is 20.5. The third-order valence-corrected chi connectivity index (χ3v) is 6.53. The van der Waals surface area contributed by atoms with Gasteiger partial charge < -0.3 is 14.4 Å². The molecule has 1 aromatic heterocycles. The second-order valence-corrected chi connectivity index (χ2v) is 10.6. The fourth-order valence-corrected chi connectivity index (χ4v) is 4.73. The van der Waals surface area contributed by atoms with Gasteiger partial charge in [0.15, 0.2) is 6.10 Å². The largest absolute Gasteiger partial charge is 0.492 e. The molecule has 3 aromatic rings. The van der Waals surface area contributed by atoms with Crippen LogP contribution in [0.3, 0.4) is 0 Å². The van der Waals surface area contributed by atoms with Crippen molar-refractivity contribution in [2.45, 2.75) is 53.1 Å². The molecule has 0 radical (unpaired) electrons. The van der Waals surface area contributed by atoms with Crippen molar-refractivity contribution >= 4 is 22.9 Å². The van der Waals surface area contributed by atoms with Crippen molar-refractivity contribution in [3.05, 3.63) is 57.9 Å². The maximum Gasteiger partial charge on any atom is 0.267 e. The zero-order chi connectivity index (χ0) is 23.0. The van der Waals surface area contributed by atoms with E-state index >= 15 is 0 Å². The summed E-state index contributed by atoms with van der Waals surface area (Å²) in [6.45, 7) is 13.3. The first-order valence-corrected chi connectivity index (χ1v) is 11.7. The number of carbonyl (C=O) groups excluding carboxylic acids is 1. The van der Waals surface area contributed by atoms with E-state index in [4.69, 9.17) is 9.47 Å². The first kappa shape index (κ1) is 22.3. The Morgan fingerprint density at radius 2 is 1.84 bits per heavy atom. The molecule has 0 aliphatic carbocycles. The molecule has 0 saturated heterocycles. The second-order valence-electron chi connectivity index (χ2n) is 9.19. The van der Waals surface area contributed by atoms with Crippen LogP contribution < -0.4 is 14.4 Å². The van der Waals surface area contributed by atoms with Gasteiger partial charge >= 0.3 is 0 Å². The zero-order valence-electron chi connectivity index (χ0n) is 19.6. The van der Waals surface area contributed by atoms with Crippen LogP contribution in [-0.4, -0.2) is 30.1 Å².